The molecule has 0 bridgehead atoms. The second kappa shape index (κ2) is 9.96. The van der Waals surface area contributed by atoms with Crippen LogP contribution < -0.4 is 20.3 Å². The molecule has 6 nitrogen and oxygen atoms in total. The van der Waals surface area contributed by atoms with E-state index in [4.69, 9.17) is 9.47 Å². The van der Waals surface area contributed by atoms with E-state index in [2.05, 4.69) is 10.9 Å². The van der Waals surface area contributed by atoms with Gasteiger partial charge in [-0.25, -0.2) is 4.39 Å². The van der Waals surface area contributed by atoms with Crippen molar-refractivity contribution in [1.82, 2.24) is 10.9 Å². The van der Waals surface area contributed by atoms with Crippen molar-refractivity contribution in [3.05, 3.63) is 65.5 Å². The van der Waals surface area contributed by atoms with Crippen molar-refractivity contribution in [2.45, 2.75) is 13.3 Å². The molecule has 0 aliphatic heterocycles. The van der Waals surface area contributed by atoms with E-state index >= 15 is 0 Å². The number of halogens is 1. The quantitative estimate of drug-likeness (QED) is 0.578. The highest BCUT2D eigenvalue weighted by Crippen LogP contribution is 2.28. The first kappa shape index (κ1) is 20.0. The molecule has 0 atom stereocenters. The van der Waals surface area contributed by atoms with Crippen molar-refractivity contribution >= 4 is 17.9 Å². The molecule has 0 fully saturated rings. The Morgan fingerprint density at radius 3 is 2.63 bits per heavy atom. The molecule has 2 aromatic rings. The molecule has 0 heterocycles. The Morgan fingerprint density at radius 1 is 1.11 bits per heavy atom. The number of carbonyl (C=O) groups excluding carboxylic acids is 2. The van der Waals surface area contributed by atoms with Gasteiger partial charge in [-0.05, 0) is 48.4 Å². The summed E-state index contributed by atoms with van der Waals surface area (Å²) < 4.78 is 23.8. The highest BCUT2D eigenvalue weighted by atomic mass is 19.1. The zero-order valence-electron chi connectivity index (χ0n) is 15.1. The first-order chi connectivity index (χ1) is 13.0. The molecule has 0 radical (unpaired) electrons. The Morgan fingerprint density at radius 2 is 1.93 bits per heavy atom. The Kier molecular flexibility index (Phi) is 7.37. The number of hydrogen-bond donors (Lipinski definition) is 2. The van der Waals surface area contributed by atoms with Crippen LogP contribution in [-0.2, 0) is 4.79 Å². The average molecular weight is 372 g/mol. The fraction of sp³-hybridized carbons (Fsp3) is 0.200. The maximum Gasteiger partial charge on any atom is 0.269 e. The summed E-state index contributed by atoms with van der Waals surface area (Å²) in [6, 6.07) is 10.5. The van der Waals surface area contributed by atoms with Crippen LogP contribution >= 0.6 is 0 Å². The lowest BCUT2D eigenvalue weighted by molar-refractivity contribution is -0.117. The molecule has 0 aliphatic carbocycles. The number of carbonyl (C=O) groups is 2. The summed E-state index contributed by atoms with van der Waals surface area (Å²) in [5.41, 5.74) is 5.39. The van der Waals surface area contributed by atoms with E-state index in [1.54, 1.807) is 18.2 Å². The number of ether oxygens (including phenoxy) is 2. The van der Waals surface area contributed by atoms with E-state index < -0.39 is 17.6 Å². The number of rotatable bonds is 7. The Hall–Kier alpha value is -3.35. The van der Waals surface area contributed by atoms with Gasteiger partial charge in [-0.1, -0.05) is 19.1 Å². The molecular weight excluding hydrogens is 351 g/mol. The van der Waals surface area contributed by atoms with Gasteiger partial charge in [0.1, 0.15) is 5.82 Å². The van der Waals surface area contributed by atoms with Crippen LogP contribution in [0.2, 0.25) is 0 Å². The van der Waals surface area contributed by atoms with E-state index in [9.17, 15) is 14.0 Å². The van der Waals surface area contributed by atoms with Gasteiger partial charge in [0.2, 0.25) is 0 Å². The van der Waals surface area contributed by atoms with Crippen LogP contribution in [0.1, 0.15) is 29.3 Å². The molecule has 0 saturated heterocycles. The number of hydrazine groups is 1. The van der Waals surface area contributed by atoms with Gasteiger partial charge in [-0.2, -0.15) is 0 Å². The first-order valence-corrected chi connectivity index (χ1v) is 8.38. The summed E-state index contributed by atoms with van der Waals surface area (Å²) in [5, 5.41) is 0. The Bertz CT molecular complexity index is 836. The van der Waals surface area contributed by atoms with Crippen molar-refractivity contribution in [3.8, 4) is 11.5 Å². The predicted octanol–water partition coefficient (Wildman–Crippen LogP) is 3.10. The highest BCUT2D eigenvalue weighted by Gasteiger charge is 2.11. The molecule has 2 amide bonds. The molecule has 27 heavy (non-hydrogen) atoms. The predicted molar refractivity (Wildman–Crippen MR) is 99.8 cm³/mol. The van der Waals surface area contributed by atoms with Crippen LogP contribution in [0.4, 0.5) is 4.39 Å². The molecule has 2 aromatic carbocycles. The highest BCUT2D eigenvalue weighted by molar-refractivity contribution is 5.98. The fourth-order valence-electron chi connectivity index (χ4n) is 2.15. The van der Waals surface area contributed by atoms with Crippen LogP contribution in [0.3, 0.4) is 0 Å². The Balaban J connectivity index is 1.93. The van der Waals surface area contributed by atoms with Gasteiger partial charge in [0.05, 0.1) is 13.7 Å². The van der Waals surface area contributed by atoms with E-state index in [-0.39, 0.29) is 0 Å². The third-order valence-electron chi connectivity index (χ3n) is 3.46. The van der Waals surface area contributed by atoms with Gasteiger partial charge in [-0.15, -0.1) is 0 Å². The van der Waals surface area contributed by atoms with Crippen LogP contribution in [-0.4, -0.2) is 25.5 Å². The van der Waals surface area contributed by atoms with Crippen LogP contribution in [0, 0.1) is 5.82 Å². The molecule has 0 saturated carbocycles. The fourth-order valence-corrected chi connectivity index (χ4v) is 2.15. The van der Waals surface area contributed by atoms with Gasteiger partial charge in [0, 0.05) is 11.6 Å². The van der Waals surface area contributed by atoms with E-state index in [0.29, 0.717) is 29.2 Å². The summed E-state index contributed by atoms with van der Waals surface area (Å²) in [6.07, 6.45) is 3.48. The second-order valence-corrected chi connectivity index (χ2v) is 5.55. The van der Waals surface area contributed by atoms with Gasteiger partial charge in [-0.3, -0.25) is 20.4 Å². The monoisotopic (exact) mass is 372 g/mol. The molecule has 2 N–H and O–H groups in total. The lowest BCUT2D eigenvalue weighted by Gasteiger charge is -2.12. The topological polar surface area (TPSA) is 76.7 Å². The maximum atomic E-state index is 13.1. The largest absolute Gasteiger partial charge is 0.493 e. The summed E-state index contributed by atoms with van der Waals surface area (Å²) in [4.78, 5) is 23.9. The molecule has 2 rings (SSSR count). The van der Waals surface area contributed by atoms with Crippen molar-refractivity contribution < 1.29 is 23.5 Å². The number of nitrogens with one attached hydrogen (secondary N) is 2. The third-order valence-corrected chi connectivity index (χ3v) is 3.46. The zero-order valence-corrected chi connectivity index (χ0v) is 15.1. The third kappa shape index (κ3) is 6.14. The van der Waals surface area contributed by atoms with E-state index in [1.165, 1.54) is 43.5 Å². The summed E-state index contributed by atoms with van der Waals surface area (Å²) in [5.74, 6) is -0.497. The summed E-state index contributed by atoms with van der Waals surface area (Å²) >= 11 is 0. The lowest BCUT2D eigenvalue weighted by atomic mass is 10.2. The summed E-state index contributed by atoms with van der Waals surface area (Å²) in [7, 11) is 1.48. The maximum absolute atomic E-state index is 13.1. The normalized spacial score (nSPS) is 10.5. The van der Waals surface area contributed by atoms with Crippen molar-refractivity contribution in [3.63, 3.8) is 0 Å². The smallest absolute Gasteiger partial charge is 0.269 e. The van der Waals surface area contributed by atoms with Crippen LogP contribution in [0.5, 0.6) is 11.5 Å². The van der Waals surface area contributed by atoms with Gasteiger partial charge in [0.25, 0.3) is 11.8 Å². The minimum atomic E-state index is -0.553. The number of hydrogen-bond acceptors (Lipinski definition) is 4. The van der Waals surface area contributed by atoms with Crippen LogP contribution in [0.25, 0.3) is 6.08 Å². The van der Waals surface area contributed by atoms with Gasteiger partial charge < -0.3 is 9.47 Å². The number of amides is 2. The SMILES string of the molecule is CCCOc1ccc(C(=O)NNC(=O)/C=C/c2cccc(F)c2)cc1OC. The molecule has 0 aliphatic rings. The molecule has 142 valence electrons. The van der Waals surface area contributed by atoms with Crippen molar-refractivity contribution in [2.24, 2.45) is 0 Å². The van der Waals surface area contributed by atoms with Gasteiger partial charge in [0.15, 0.2) is 11.5 Å². The van der Waals surface area contributed by atoms with Crippen LogP contribution in [0.15, 0.2) is 48.5 Å². The average Bonchev–Trinajstić information content (AvgIpc) is 2.68. The summed E-state index contributed by atoms with van der Waals surface area (Å²) in [6.45, 7) is 2.52. The van der Waals surface area contributed by atoms with E-state index in [1.807, 2.05) is 6.92 Å². The standard InChI is InChI=1S/C20H21FN2O4/c1-3-11-27-17-9-8-15(13-18(17)26-2)20(25)23-22-19(24)10-7-14-5-4-6-16(21)12-14/h4-10,12-13H,3,11H2,1-2H3,(H,22,24)(H,23,25)/b10-7+. The van der Waals surface area contributed by atoms with Gasteiger partial charge >= 0.3 is 0 Å². The molecular formula is C20H21FN2O4. The number of methoxy groups -OCH3 is 1. The minimum absolute atomic E-state index is 0.296. The molecule has 0 aromatic heterocycles. The molecule has 0 unspecified atom stereocenters. The number of benzene rings is 2. The van der Waals surface area contributed by atoms with Crippen molar-refractivity contribution in [2.75, 3.05) is 13.7 Å². The zero-order chi connectivity index (χ0) is 19.6. The molecule has 0 spiro atoms. The minimum Gasteiger partial charge on any atom is -0.493 e. The lowest BCUT2D eigenvalue weighted by Crippen LogP contribution is -2.40. The van der Waals surface area contributed by atoms with Crippen molar-refractivity contribution in [1.29, 1.82) is 0 Å². The Labute approximate surface area is 157 Å². The second-order valence-electron chi connectivity index (χ2n) is 5.55. The molecule has 7 heteroatoms. The first-order valence-electron chi connectivity index (χ1n) is 8.38. The van der Waals surface area contributed by atoms with E-state index in [0.717, 1.165) is 6.42 Å².